The standard InChI is InChI=1S/C14H26N2O4S/c1-20-14(17)8-5-11-21(18,19)16-10-3-2-7-13(16)12-6-4-9-15-12/h12-13,15H,2-11H2,1H3. The molecule has 0 spiro atoms. The first-order valence-corrected chi connectivity index (χ1v) is 9.45. The number of piperidine rings is 1. The zero-order valence-electron chi connectivity index (χ0n) is 12.7. The molecule has 0 radical (unpaired) electrons. The first-order valence-electron chi connectivity index (χ1n) is 7.84. The third kappa shape index (κ3) is 4.40. The van der Waals surface area contributed by atoms with Gasteiger partial charge in [0.2, 0.25) is 10.0 Å². The summed E-state index contributed by atoms with van der Waals surface area (Å²) in [5.74, 6) is -0.316. The van der Waals surface area contributed by atoms with Gasteiger partial charge in [-0.15, -0.1) is 0 Å². The van der Waals surface area contributed by atoms with Gasteiger partial charge in [-0.1, -0.05) is 6.42 Å². The molecule has 122 valence electrons. The van der Waals surface area contributed by atoms with Crippen molar-refractivity contribution in [3.8, 4) is 0 Å². The summed E-state index contributed by atoms with van der Waals surface area (Å²) >= 11 is 0. The zero-order valence-corrected chi connectivity index (χ0v) is 13.5. The lowest BCUT2D eigenvalue weighted by Gasteiger charge is -2.38. The molecule has 2 rings (SSSR count). The normalized spacial score (nSPS) is 27.7. The van der Waals surface area contributed by atoms with Crippen molar-refractivity contribution in [1.82, 2.24) is 9.62 Å². The summed E-state index contributed by atoms with van der Waals surface area (Å²) in [6.07, 6.45) is 5.63. The minimum absolute atomic E-state index is 0.0331. The molecule has 0 bridgehead atoms. The van der Waals surface area contributed by atoms with Gasteiger partial charge in [-0.25, -0.2) is 8.42 Å². The van der Waals surface area contributed by atoms with Crippen LogP contribution in [-0.4, -0.2) is 56.7 Å². The number of carbonyl (C=O) groups is 1. The van der Waals surface area contributed by atoms with Crippen LogP contribution in [0.25, 0.3) is 0 Å². The second-order valence-electron chi connectivity index (χ2n) is 5.87. The lowest BCUT2D eigenvalue weighted by molar-refractivity contribution is -0.140. The molecule has 7 heteroatoms. The lowest BCUT2D eigenvalue weighted by atomic mass is 9.97. The Hall–Kier alpha value is -0.660. The van der Waals surface area contributed by atoms with Crippen LogP contribution in [0.2, 0.25) is 0 Å². The molecule has 0 aromatic carbocycles. The van der Waals surface area contributed by atoms with Gasteiger partial charge in [-0.3, -0.25) is 4.79 Å². The van der Waals surface area contributed by atoms with Crippen LogP contribution in [-0.2, 0) is 19.6 Å². The first-order chi connectivity index (χ1) is 10.0. The van der Waals surface area contributed by atoms with E-state index in [9.17, 15) is 13.2 Å². The Morgan fingerprint density at radius 2 is 2.10 bits per heavy atom. The monoisotopic (exact) mass is 318 g/mol. The maximum atomic E-state index is 12.6. The number of hydrogen-bond donors (Lipinski definition) is 1. The van der Waals surface area contributed by atoms with E-state index >= 15 is 0 Å². The average Bonchev–Trinajstić information content (AvgIpc) is 3.01. The number of esters is 1. The highest BCUT2D eigenvalue weighted by Gasteiger charge is 2.37. The van der Waals surface area contributed by atoms with Gasteiger partial charge < -0.3 is 10.1 Å². The van der Waals surface area contributed by atoms with Gasteiger partial charge in [0.1, 0.15) is 0 Å². The molecular formula is C14H26N2O4S. The predicted molar refractivity (Wildman–Crippen MR) is 80.4 cm³/mol. The maximum absolute atomic E-state index is 12.6. The highest BCUT2D eigenvalue weighted by molar-refractivity contribution is 7.89. The van der Waals surface area contributed by atoms with Gasteiger partial charge >= 0.3 is 5.97 Å². The molecule has 2 atom stereocenters. The molecule has 0 saturated carbocycles. The van der Waals surface area contributed by atoms with Crippen LogP contribution in [0.3, 0.4) is 0 Å². The summed E-state index contributed by atoms with van der Waals surface area (Å²) in [5, 5.41) is 3.43. The van der Waals surface area contributed by atoms with E-state index in [1.807, 2.05) is 0 Å². The zero-order chi connectivity index (χ0) is 15.3. The van der Waals surface area contributed by atoms with E-state index in [-0.39, 0.29) is 24.2 Å². The molecule has 6 nitrogen and oxygen atoms in total. The summed E-state index contributed by atoms with van der Waals surface area (Å²) in [6.45, 7) is 1.60. The quantitative estimate of drug-likeness (QED) is 0.736. The molecule has 2 fully saturated rings. The molecule has 0 aromatic rings. The predicted octanol–water partition coefficient (Wildman–Crippen LogP) is 0.876. The molecule has 2 heterocycles. The van der Waals surface area contributed by atoms with Gasteiger partial charge in [0.25, 0.3) is 0 Å². The molecule has 1 N–H and O–H groups in total. The summed E-state index contributed by atoms with van der Waals surface area (Å²) in [6, 6.07) is 0.380. The Morgan fingerprint density at radius 1 is 1.29 bits per heavy atom. The third-order valence-corrected chi connectivity index (χ3v) is 6.40. The molecule has 2 saturated heterocycles. The third-order valence-electron chi connectivity index (χ3n) is 4.43. The number of nitrogens with zero attached hydrogens (tertiary/aromatic N) is 1. The molecule has 2 aliphatic heterocycles. The topological polar surface area (TPSA) is 75.7 Å². The molecule has 0 aromatic heterocycles. The van der Waals surface area contributed by atoms with Gasteiger partial charge in [0, 0.05) is 25.0 Å². The second-order valence-corrected chi connectivity index (χ2v) is 7.91. The highest BCUT2D eigenvalue weighted by atomic mass is 32.2. The van der Waals surface area contributed by atoms with Crippen LogP contribution in [0.15, 0.2) is 0 Å². The van der Waals surface area contributed by atoms with Crippen LogP contribution in [0.4, 0.5) is 0 Å². The number of sulfonamides is 1. The smallest absolute Gasteiger partial charge is 0.305 e. The average molecular weight is 318 g/mol. The Labute approximate surface area is 127 Å². The number of methoxy groups -OCH3 is 1. The minimum atomic E-state index is -3.29. The van der Waals surface area contributed by atoms with Crippen LogP contribution in [0.1, 0.15) is 44.9 Å². The fourth-order valence-corrected chi connectivity index (χ4v) is 5.15. The highest BCUT2D eigenvalue weighted by Crippen LogP contribution is 2.27. The number of nitrogens with one attached hydrogen (secondary N) is 1. The van der Waals surface area contributed by atoms with Crippen molar-refractivity contribution in [3.63, 3.8) is 0 Å². The van der Waals surface area contributed by atoms with Gasteiger partial charge in [0.15, 0.2) is 0 Å². The summed E-state index contributed by atoms with van der Waals surface area (Å²) in [7, 11) is -1.97. The largest absolute Gasteiger partial charge is 0.469 e. The van der Waals surface area contributed by atoms with Crippen molar-refractivity contribution in [2.24, 2.45) is 0 Å². The van der Waals surface area contributed by atoms with Gasteiger partial charge in [-0.05, 0) is 38.6 Å². The van der Waals surface area contributed by atoms with E-state index in [0.717, 1.165) is 38.6 Å². The SMILES string of the molecule is COC(=O)CCCS(=O)(=O)N1CCCCC1C1CCCN1. The molecule has 0 amide bonds. The Kier molecular flexibility index (Phi) is 6.01. The molecule has 21 heavy (non-hydrogen) atoms. The fraction of sp³-hybridized carbons (Fsp3) is 0.929. The van der Waals surface area contributed by atoms with Crippen molar-refractivity contribution < 1.29 is 17.9 Å². The van der Waals surface area contributed by atoms with E-state index in [4.69, 9.17) is 0 Å². The Balaban J connectivity index is 1.96. The second kappa shape index (κ2) is 7.56. The van der Waals surface area contributed by atoms with Crippen molar-refractivity contribution in [3.05, 3.63) is 0 Å². The van der Waals surface area contributed by atoms with E-state index < -0.39 is 10.0 Å². The number of carbonyl (C=O) groups excluding carboxylic acids is 1. The first kappa shape index (κ1) is 16.7. The summed E-state index contributed by atoms with van der Waals surface area (Å²) in [5.41, 5.74) is 0. The van der Waals surface area contributed by atoms with E-state index in [1.54, 1.807) is 4.31 Å². The van der Waals surface area contributed by atoms with Crippen molar-refractivity contribution in [2.45, 2.75) is 57.0 Å². The molecular weight excluding hydrogens is 292 g/mol. The molecule has 2 unspecified atom stereocenters. The molecule has 0 aliphatic carbocycles. The van der Waals surface area contributed by atoms with Crippen LogP contribution in [0, 0.1) is 0 Å². The summed E-state index contributed by atoms with van der Waals surface area (Å²) in [4.78, 5) is 11.1. The summed E-state index contributed by atoms with van der Waals surface area (Å²) < 4.78 is 31.4. The minimum Gasteiger partial charge on any atom is -0.469 e. The van der Waals surface area contributed by atoms with Crippen molar-refractivity contribution >= 4 is 16.0 Å². The van der Waals surface area contributed by atoms with E-state index in [0.29, 0.717) is 19.0 Å². The van der Waals surface area contributed by atoms with Gasteiger partial charge in [-0.2, -0.15) is 4.31 Å². The van der Waals surface area contributed by atoms with Crippen LogP contribution in [0.5, 0.6) is 0 Å². The number of rotatable bonds is 6. The Morgan fingerprint density at radius 3 is 2.76 bits per heavy atom. The number of hydrogen-bond acceptors (Lipinski definition) is 5. The Bertz CT molecular complexity index is 446. The van der Waals surface area contributed by atoms with Crippen molar-refractivity contribution in [1.29, 1.82) is 0 Å². The number of ether oxygens (including phenoxy) is 1. The maximum Gasteiger partial charge on any atom is 0.305 e. The van der Waals surface area contributed by atoms with E-state index in [1.165, 1.54) is 7.11 Å². The van der Waals surface area contributed by atoms with Crippen LogP contribution >= 0.6 is 0 Å². The fourth-order valence-electron chi connectivity index (χ4n) is 3.34. The molecule has 2 aliphatic rings. The lowest BCUT2D eigenvalue weighted by Crippen LogP contribution is -2.53. The van der Waals surface area contributed by atoms with Crippen LogP contribution < -0.4 is 5.32 Å². The van der Waals surface area contributed by atoms with E-state index in [2.05, 4.69) is 10.1 Å². The van der Waals surface area contributed by atoms with Crippen molar-refractivity contribution in [2.75, 3.05) is 26.0 Å². The van der Waals surface area contributed by atoms with Gasteiger partial charge in [0.05, 0.1) is 12.9 Å².